The highest BCUT2D eigenvalue weighted by Gasteiger charge is 2.09. The predicted octanol–water partition coefficient (Wildman–Crippen LogP) is 4.12. The van der Waals surface area contributed by atoms with Gasteiger partial charge in [0.15, 0.2) is 0 Å². The molecule has 0 unspecified atom stereocenters. The molecule has 0 bridgehead atoms. The van der Waals surface area contributed by atoms with Crippen LogP contribution in [0.5, 0.6) is 0 Å². The number of hydrazone groups is 1. The molecule has 0 saturated heterocycles. The molecule has 0 radical (unpaired) electrons. The number of halogens is 2. The van der Waals surface area contributed by atoms with Gasteiger partial charge in [0.2, 0.25) is 11.8 Å². The van der Waals surface area contributed by atoms with E-state index in [1.165, 1.54) is 0 Å². The van der Waals surface area contributed by atoms with E-state index < -0.39 is 0 Å². The van der Waals surface area contributed by atoms with Gasteiger partial charge in [0.05, 0.1) is 6.21 Å². The second kappa shape index (κ2) is 9.53. The lowest BCUT2D eigenvalue weighted by Gasteiger charge is -2.09. The monoisotopic (exact) mass is 469 g/mol. The molecule has 0 spiro atoms. The minimum Gasteiger partial charge on any atom is -0.326 e. The van der Waals surface area contributed by atoms with E-state index in [9.17, 15) is 9.59 Å². The number of nitrogens with zero attached hydrogens (tertiary/aromatic N) is 1. The normalized spacial score (nSPS) is 10.7. The van der Waals surface area contributed by atoms with Gasteiger partial charge in [-0.15, -0.1) is 0 Å². The molecule has 2 aromatic carbocycles. The van der Waals surface area contributed by atoms with Gasteiger partial charge in [0.25, 0.3) is 0 Å². The molecule has 0 aliphatic carbocycles. The van der Waals surface area contributed by atoms with Crippen LogP contribution in [-0.4, -0.2) is 18.0 Å². The Hall–Kier alpha value is -1.93. The second-order valence-corrected chi connectivity index (χ2v) is 6.96. The Morgan fingerprint density at radius 1 is 1.16 bits per heavy atom. The van der Waals surface area contributed by atoms with Crippen LogP contribution in [0.3, 0.4) is 0 Å². The molecule has 2 N–H and O–H groups in total. The number of carbonyl (C=O) groups excluding carboxylic acids is 2. The predicted molar refractivity (Wildman–Crippen MR) is 109 cm³/mol. The molecular weight excluding hydrogens is 453 g/mol. The number of carbonyl (C=O) groups is 2. The molecule has 0 atom stereocenters. The molecule has 0 aliphatic heterocycles. The summed E-state index contributed by atoms with van der Waals surface area (Å²) in [4.78, 5) is 23.7. The first kappa shape index (κ1) is 19.4. The number of nitrogens with one attached hydrogen (secondary N) is 2. The van der Waals surface area contributed by atoms with Crippen LogP contribution in [0.25, 0.3) is 0 Å². The molecule has 2 rings (SSSR count). The highest BCUT2D eigenvalue weighted by atomic mass is 127. The zero-order valence-corrected chi connectivity index (χ0v) is 16.5. The maximum Gasteiger partial charge on any atom is 0.240 e. The molecule has 130 valence electrons. The van der Waals surface area contributed by atoms with E-state index in [4.69, 9.17) is 11.6 Å². The fourth-order valence-corrected chi connectivity index (χ4v) is 2.75. The number of hydrogen-bond acceptors (Lipinski definition) is 3. The third-order valence-electron chi connectivity index (χ3n) is 3.37. The Kier molecular flexibility index (Phi) is 7.39. The molecule has 25 heavy (non-hydrogen) atoms. The van der Waals surface area contributed by atoms with Crippen molar-refractivity contribution in [2.24, 2.45) is 5.10 Å². The van der Waals surface area contributed by atoms with Crippen LogP contribution in [0.15, 0.2) is 47.6 Å². The van der Waals surface area contributed by atoms with Gasteiger partial charge in [0, 0.05) is 27.1 Å². The summed E-state index contributed by atoms with van der Waals surface area (Å²) >= 11 is 8.21. The van der Waals surface area contributed by atoms with Crippen molar-refractivity contribution in [3.05, 3.63) is 62.2 Å². The largest absolute Gasteiger partial charge is 0.326 e. The molecule has 2 aromatic rings. The number of rotatable bonds is 6. The number of hydrogen-bond donors (Lipinski definition) is 2. The second-order valence-electron chi connectivity index (χ2n) is 5.31. The Balaban J connectivity index is 1.77. The fourth-order valence-electron chi connectivity index (χ4n) is 2.00. The molecular formula is C18H17ClIN3O2. The first-order chi connectivity index (χ1) is 12.0. The molecule has 0 saturated carbocycles. The number of benzene rings is 2. The molecule has 0 heterocycles. The van der Waals surface area contributed by atoms with Gasteiger partial charge in [-0.3, -0.25) is 9.59 Å². The van der Waals surface area contributed by atoms with Crippen molar-refractivity contribution < 1.29 is 9.59 Å². The lowest BCUT2D eigenvalue weighted by molar-refractivity contribution is -0.124. The van der Waals surface area contributed by atoms with E-state index in [0.29, 0.717) is 10.7 Å². The summed E-state index contributed by atoms with van der Waals surface area (Å²) in [7, 11) is 0. The van der Waals surface area contributed by atoms with Gasteiger partial charge >= 0.3 is 0 Å². The van der Waals surface area contributed by atoms with Crippen molar-refractivity contribution in [2.45, 2.75) is 19.8 Å². The van der Waals surface area contributed by atoms with Gasteiger partial charge < -0.3 is 5.32 Å². The van der Waals surface area contributed by atoms with Gasteiger partial charge in [-0.25, -0.2) is 5.43 Å². The summed E-state index contributed by atoms with van der Waals surface area (Å²) in [6.45, 7) is 1.82. The summed E-state index contributed by atoms with van der Waals surface area (Å²) in [6.07, 6.45) is 1.68. The minimum absolute atomic E-state index is 0.0507. The van der Waals surface area contributed by atoms with E-state index in [0.717, 1.165) is 14.7 Å². The van der Waals surface area contributed by atoms with E-state index in [-0.39, 0.29) is 24.7 Å². The lowest BCUT2D eigenvalue weighted by Crippen LogP contribution is -2.20. The van der Waals surface area contributed by atoms with E-state index >= 15 is 0 Å². The molecule has 7 heteroatoms. The Bertz CT molecular complexity index is 809. The number of anilines is 1. The van der Waals surface area contributed by atoms with Gasteiger partial charge in [-0.05, 0) is 64.9 Å². The summed E-state index contributed by atoms with van der Waals surface area (Å²) < 4.78 is 1.08. The first-order valence-corrected chi connectivity index (χ1v) is 9.04. The summed E-state index contributed by atoms with van der Waals surface area (Å²) in [6, 6.07) is 13.0. The maximum absolute atomic E-state index is 11.9. The summed E-state index contributed by atoms with van der Waals surface area (Å²) in [5.41, 5.74) is 4.75. The van der Waals surface area contributed by atoms with Crippen LogP contribution in [0.2, 0.25) is 5.02 Å². The van der Waals surface area contributed by atoms with Gasteiger partial charge in [-0.1, -0.05) is 29.8 Å². The van der Waals surface area contributed by atoms with E-state index in [1.807, 2.05) is 31.2 Å². The van der Waals surface area contributed by atoms with Crippen molar-refractivity contribution in [1.29, 1.82) is 0 Å². The van der Waals surface area contributed by atoms with Crippen LogP contribution >= 0.6 is 34.2 Å². The Morgan fingerprint density at radius 3 is 2.64 bits per heavy atom. The highest BCUT2D eigenvalue weighted by molar-refractivity contribution is 14.1. The van der Waals surface area contributed by atoms with Crippen molar-refractivity contribution in [3.8, 4) is 0 Å². The third kappa shape index (κ3) is 6.47. The highest BCUT2D eigenvalue weighted by Crippen LogP contribution is 2.23. The van der Waals surface area contributed by atoms with Crippen LogP contribution in [0, 0.1) is 10.5 Å². The zero-order valence-electron chi connectivity index (χ0n) is 13.6. The Morgan fingerprint density at radius 2 is 1.88 bits per heavy atom. The SMILES string of the molecule is Cc1c(Cl)cccc1NC(=O)CCC(=O)N/N=C/c1cccc(I)c1. The van der Waals surface area contributed by atoms with E-state index in [2.05, 4.69) is 38.4 Å². The first-order valence-electron chi connectivity index (χ1n) is 7.58. The minimum atomic E-state index is -0.320. The quantitative estimate of drug-likeness (QED) is 0.379. The standard InChI is InChI=1S/C18H17ClIN3O2/c1-12-15(19)6-3-7-16(12)22-17(24)8-9-18(25)23-21-11-13-4-2-5-14(20)10-13/h2-7,10-11H,8-9H2,1H3,(H,22,24)(H,23,25)/b21-11+. The lowest BCUT2D eigenvalue weighted by atomic mass is 10.2. The average molecular weight is 470 g/mol. The van der Waals surface area contributed by atoms with Crippen LogP contribution < -0.4 is 10.7 Å². The van der Waals surface area contributed by atoms with Crippen molar-refractivity contribution in [1.82, 2.24) is 5.43 Å². The smallest absolute Gasteiger partial charge is 0.240 e. The molecule has 5 nitrogen and oxygen atoms in total. The average Bonchev–Trinajstić information content (AvgIpc) is 2.57. The molecule has 2 amide bonds. The zero-order chi connectivity index (χ0) is 18.2. The van der Waals surface area contributed by atoms with Gasteiger partial charge in [-0.2, -0.15) is 5.10 Å². The third-order valence-corrected chi connectivity index (χ3v) is 4.45. The van der Waals surface area contributed by atoms with Crippen LogP contribution in [-0.2, 0) is 9.59 Å². The summed E-state index contributed by atoms with van der Waals surface area (Å²) in [5.74, 6) is -0.568. The molecule has 0 aliphatic rings. The van der Waals surface area contributed by atoms with Gasteiger partial charge in [0.1, 0.15) is 0 Å². The Labute approximate surface area is 165 Å². The van der Waals surface area contributed by atoms with Crippen LogP contribution in [0.1, 0.15) is 24.0 Å². The van der Waals surface area contributed by atoms with E-state index in [1.54, 1.807) is 24.4 Å². The molecule has 0 aromatic heterocycles. The number of amides is 2. The molecule has 0 fully saturated rings. The van der Waals surface area contributed by atoms with Crippen molar-refractivity contribution in [2.75, 3.05) is 5.32 Å². The topological polar surface area (TPSA) is 70.6 Å². The maximum atomic E-state index is 11.9. The van der Waals surface area contributed by atoms with Crippen LogP contribution in [0.4, 0.5) is 5.69 Å². The summed E-state index contributed by atoms with van der Waals surface area (Å²) in [5, 5.41) is 7.23. The van der Waals surface area contributed by atoms with Crippen molar-refractivity contribution in [3.63, 3.8) is 0 Å². The fraction of sp³-hybridized carbons (Fsp3) is 0.167. The van der Waals surface area contributed by atoms with Crippen molar-refractivity contribution >= 4 is 57.9 Å².